The van der Waals surface area contributed by atoms with Crippen molar-refractivity contribution in [3.05, 3.63) is 59.0 Å². The number of aryl methyl sites for hydroxylation is 1. The lowest BCUT2D eigenvalue weighted by Crippen LogP contribution is -2.54. The van der Waals surface area contributed by atoms with E-state index in [1.807, 2.05) is 19.9 Å². The lowest BCUT2D eigenvalue weighted by atomic mass is 9.95. The Hall–Kier alpha value is -3.57. The number of aromatic nitrogens is 3. The minimum atomic E-state index is -0.967. The zero-order valence-corrected chi connectivity index (χ0v) is 21.6. The molecular formula is C25H31N7O3S. The Kier molecular flexibility index (Phi) is 7.23. The molecule has 1 fully saturated rings. The summed E-state index contributed by atoms with van der Waals surface area (Å²) in [7, 11) is 0. The Labute approximate surface area is 214 Å². The van der Waals surface area contributed by atoms with Gasteiger partial charge in [-0.05, 0) is 75.8 Å². The fraction of sp³-hybridized carbons (Fsp3) is 0.400. The molecule has 5 N–H and O–H groups in total. The van der Waals surface area contributed by atoms with Crippen LogP contribution in [0.25, 0.3) is 0 Å². The van der Waals surface area contributed by atoms with Gasteiger partial charge < -0.3 is 26.4 Å². The molecule has 1 aliphatic heterocycles. The highest BCUT2D eigenvalue weighted by molar-refractivity contribution is 7.10. The van der Waals surface area contributed by atoms with Crippen LogP contribution >= 0.6 is 11.5 Å². The van der Waals surface area contributed by atoms with Gasteiger partial charge in [-0.25, -0.2) is 9.97 Å². The van der Waals surface area contributed by atoms with Gasteiger partial charge in [0.15, 0.2) is 11.5 Å². The summed E-state index contributed by atoms with van der Waals surface area (Å²) in [6, 6.07) is 8.65. The Balaban J connectivity index is 1.51. The van der Waals surface area contributed by atoms with Crippen LogP contribution in [-0.2, 0) is 5.60 Å². The highest BCUT2D eigenvalue weighted by atomic mass is 32.1. The van der Waals surface area contributed by atoms with Gasteiger partial charge >= 0.3 is 0 Å². The average molecular weight is 510 g/mol. The molecule has 1 saturated heterocycles. The second kappa shape index (κ2) is 10.2. The zero-order valence-electron chi connectivity index (χ0n) is 20.8. The maximum absolute atomic E-state index is 13.0. The van der Waals surface area contributed by atoms with Crippen molar-refractivity contribution in [2.24, 2.45) is 5.73 Å². The average Bonchev–Trinajstić information content (AvgIpc) is 3.24. The molecule has 0 spiro atoms. The van der Waals surface area contributed by atoms with E-state index in [0.29, 0.717) is 11.4 Å². The van der Waals surface area contributed by atoms with Crippen molar-refractivity contribution in [1.29, 1.82) is 0 Å². The molecule has 36 heavy (non-hydrogen) atoms. The van der Waals surface area contributed by atoms with Crippen LogP contribution in [-0.4, -0.2) is 49.9 Å². The molecular weight excluding hydrogens is 478 g/mol. The van der Waals surface area contributed by atoms with Crippen LogP contribution in [0, 0.1) is 6.92 Å². The number of rotatable bonds is 7. The van der Waals surface area contributed by atoms with Gasteiger partial charge in [-0.1, -0.05) is 12.1 Å². The molecule has 2 amide bonds. The number of nitrogens with two attached hydrogens (primary N) is 1. The van der Waals surface area contributed by atoms with Crippen LogP contribution in [0.3, 0.4) is 0 Å². The SMILES string of the molecule is Cc1cc(Nc2nc(N3CCC[C@@H](NC(=O)c4ccc(C(C)(C)O)cc4)[C@H]3C)cnc2C(N)=O)sn1. The molecule has 3 heterocycles. The van der Waals surface area contributed by atoms with E-state index in [4.69, 9.17) is 5.73 Å². The summed E-state index contributed by atoms with van der Waals surface area (Å²) in [6.45, 7) is 8.06. The number of anilines is 3. The number of amides is 2. The van der Waals surface area contributed by atoms with Gasteiger partial charge in [-0.15, -0.1) is 0 Å². The van der Waals surface area contributed by atoms with Crippen molar-refractivity contribution < 1.29 is 14.7 Å². The van der Waals surface area contributed by atoms with Crippen molar-refractivity contribution in [2.75, 3.05) is 16.8 Å². The summed E-state index contributed by atoms with van der Waals surface area (Å²) < 4.78 is 4.24. The number of carbonyl (C=O) groups excluding carboxylic acids is 2. The fourth-order valence-electron chi connectivity index (χ4n) is 4.27. The monoisotopic (exact) mass is 509 g/mol. The molecule has 0 bridgehead atoms. The van der Waals surface area contributed by atoms with E-state index < -0.39 is 11.5 Å². The fourth-order valence-corrected chi connectivity index (χ4v) is 4.93. The predicted octanol–water partition coefficient (Wildman–Crippen LogP) is 3.10. The third kappa shape index (κ3) is 5.63. The Morgan fingerprint density at radius 1 is 1.25 bits per heavy atom. The normalized spacial score (nSPS) is 18.1. The second-order valence-corrected chi connectivity index (χ2v) is 10.3. The maximum Gasteiger partial charge on any atom is 0.271 e. The number of primary amides is 1. The van der Waals surface area contributed by atoms with Crippen LogP contribution in [0.5, 0.6) is 0 Å². The maximum atomic E-state index is 13.0. The quantitative estimate of drug-likeness (QED) is 0.380. The molecule has 2 aromatic heterocycles. The highest BCUT2D eigenvalue weighted by Crippen LogP contribution is 2.28. The third-order valence-electron chi connectivity index (χ3n) is 6.32. The smallest absolute Gasteiger partial charge is 0.271 e. The molecule has 11 heteroatoms. The summed E-state index contributed by atoms with van der Waals surface area (Å²) in [5.74, 6) is 0.0120. The van der Waals surface area contributed by atoms with E-state index in [1.54, 1.807) is 44.3 Å². The number of nitrogens with one attached hydrogen (secondary N) is 2. The van der Waals surface area contributed by atoms with Gasteiger partial charge in [0.1, 0.15) is 10.8 Å². The Bertz CT molecular complexity index is 1250. The molecule has 0 aliphatic carbocycles. The molecule has 0 radical (unpaired) electrons. The number of aliphatic hydroxyl groups is 1. The van der Waals surface area contributed by atoms with Gasteiger partial charge in [0, 0.05) is 24.2 Å². The van der Waals surface area contributed by atoms with Gasteiger partial charge in [-0.2, -0.15) is 4.37 Å². The molecule has 4 rings (SSSR count). The summed E-state index contributed by atoms with van der Waals surface area (Å²) in [5, 5.41) is 17.1. The molecule has 1 aromatic carbocycles. The number of piperidine rings is 1. The zero-order chi connectivity index (χ0) is 26.0. The van der Waals surface area contributed by atoms with E-state index in [0.717, 1.165) is 35.6 Å². The highest BCUT2D eigenvalue weighted by Gasteiger charge is 2.31. The van der Waals surface area contributed by atoms with E-state index in [2.05, 4.69) is 29.9 Å². The molecule has 0 saturated carbocycles. The van der Waals surface area contributed by atoms with E-state index in [-0.39, 0.29) is 29.5 Å². The Morgan fingerprint density at radius 2 is 1.97 bits per heavy atom. The first-order chi connectivity index (χ1) is 17.0. The van der Waals surface area contributed by atoms with Crippen molar-refractivity contribution in [3.63, 3.8) is 0 Å². The third-order valence-corrected chi connectivity index (χ3v) is 7.11. The first kappa shape index (κ1) is 25.5. The molecule has 10 nitrogen and oxygen atoms in total. The minimum Gasteiger partial charge on any atom is -0.386 e. The summed E-state index contributed by atoms with van der Waals surface area (Å²) >= 11 is 1.26. The van der Waals surface area contributed by atoms with Crippen molar-refractivity contribution in [2.45, 2.75) is 58.2 Å². The van der Waals surface area contributed by atoms with Crippen molar-refractivity contribution >= 4 is 40.0 Å². The van der Waals surface area contributed by atoms with Gasteiger partial charge in [0.2, 0.25) is 0 Å². The van der Waals surface area contributed by atoms with Gasteiger partial charge in [0.05, 0.1) is 17.5 Å². The lowest BCUT2D eigenvalue weighted by Gasteiger charge is -2.40. The standard InChI is InChI=1S/C25H31N7O3S/c1-14-12-20(36-31-14)30-23-21(22(26)33)27-13-19(29-23)32-11-5-6-18(15(32)2)28-24(34)16-7-9-17(10-8-16)25(3,4)35/h7-10,12-13,15,18,35H,5-6,11H2,1-4H3,(H2,26,33)(H,28,34)(H,29,30)/t15-,18-/m1/s1. The number of hydrogen-bond donors (Lipinski definition) is 4. The summed E-state index contributed by atoms with van der Waals surface area (Å²) in [6.07, 6.45) is 3.21. The first-order valence-corrected chi connectivity index (χ1v) is 12.6. The number of benzene rings is 1. The molecule has 3 aromatic rings. The van der Waals surface area contributed by atoms with Gasteiger partial charge in [0.25, 0.3) is 11.8 Å². The lowest BCUT2D eigenvalue weighted by molar-refractivity contribution is 0.0783. The van der Waals surface area contributed by atoms with Crippen molar-refractivity contribution in [3.8, 4) is 0 Å². The van der Waals surface area contributed by atoms with Crippen LogP contribution in [0.2, 0.25) is 0 Å². The predicted molar refractivity (Wildman–Crippen MR) is 140 cm³/mol. The Morgan fingerprint density at radius 3 is 2.58 bits per heavy atom. The first-order valence-electron chi connectivity index (χ1n) is 11.8. The van der Waals surface area contributed by atoms with Crippen LogP contribution in [0.4, 0.5) is 16.6 Å². The van der Waals surface area contributed by atoms with Gasteiger partial charge in [-0.3, -0.25) is 9.59 Å². The minimum absolute atomic E-state index is 0.0498. The van der Waals surface area contributed by atoms with Crippen LogP contribution in [0.1, 0.15) is 65.7 Å². The molecule has 1 aliphatic rings. The van der Waals surface area contributed by atoms with E-state index in [1.165, 1.54) is 11.5 Å². The topological polar surface area (TPSA) is 146 Å². The second-order valence-electron chi connectivity index (χ2n) is 9.54. The number of nitrogens with zero attached hydrogens (tertiary/aromatic N) is 4. The number of carbonyl (C=O) groups is 2. The molecule has 190 valence electrons. The largest absolute Gasteiger partial charge is 0.386 e. The summed E-state index contributed by atoms with van der Waals surface area (Å²) in [5.41, 5.74) is 6.73. The molecule has 2 atom stereocenters. The van der Waals surface area contributed by atoms with E-state index in [9.17, 15) is 14.7 Å². The number of hydrogen-bond acceptors (Lipinski definition) is 9. The van der Waals surface area contributed by atoms with Crippen LogP contribution < -0.4 is 21.3 Å². The summed E-state index contributed by atoms with van der Waals surface area (Å²) in [4.78, 5) is 35.9. The van der Waals surface area contributed by atoms with Crippen LogP contribution in [0.15, 0.2) is 36.5 Å². The van der Waals surface area contributed by atoms with E-state index >= 15 is 0 Å². The van der Waals surface area contributed by atoms with Crippen molar-refractivity contribution in [1.82, 2.24) is 19.7 Å². The molecule has 0 unspecified atom stereocenters.